The predicted octanol–water partition coefficient (Wildman–Crippen LogP) is 3.37. The lowest BCUT2D eigenvalue weighted by atomic mass is 10.2. The number of benzene rings is 1. The average Bonchev–Trinajstić information content (AvgIpc) is 2.93. The van der Waals surface area contributed by atoms with E-state index in [1.165, 1.54) is 12.1 Å². The number of aromatic nitrogens is 2. The van der Waals surface area contributed by atoms with Crippen LogP contribution in [0.25, 0.3) is 0 Å². The highest BCUT2D eigenvalue weighted by Gasteiger charge is 2.23. The van der Waals surface area contributed by atoms with Crippen LogP contribution in [0.1, 0.15) is 24.4 Å². The van der Waals surface area contributed by atoms with E-state index in [1.807, 2.05) is 13.8 Å². The van der Waals surface area contributed by atoms with Crippen molar-refractivity contribution < 1.29 is 13.2 Å². The van der Waals surface area contributed by atoms with E-state index < -0.39 is 10.0 Å². The zero-order valence-corrected chi connectivity index (χ0v) is 17.6. The number of carbonyl (C=O) groups is 1. The van der Waals surface area contributed by atoms with E-state index in [-0.39, 0.29) is 27.4 Å². The van der Waals surface area contributed by atoms with Crippen LogP contribution in [-0.2, 0) is 21.2 Å². The second-order valence-electron chi connectivity index (χ2n) is 5.38. The fourth-order valence-electron chi connectivity index (χ4n) is 2.38. The van der Waals surface area contributed by atoms with E-state index in [1.54, 1.807) is 11.8 Å². The van der Waals surface area contributed by atoms with Crippen molar-refractivity contribution in [1.29, 1.82) is 0 Å². The van der Waals surface area contributed by atoms with Gasteiger partial charge in [-0.1, -0.05) is 34.5 Å². The number of nitrogens with zero attached hydrogens (tertiary/aromatic N) is 3. The van der Waals surface area contributed by atoms with Crippen molar-refractivity contribution in [3.63, 3.8) is 0 Å². The smallest absolute Gasteiger partial charge is 0.265 e. The molecule has 0 saturated heterocycles. The van der Waals surface area contributed by atoms with Gasteiger partial charge in [0, 0.05) is 18.1 Å². The summed E-state index contributed by atoms with van der Waals surface area (Å²) >= 11 is 12.9. The summed E-state index contributed by atoms with van der Waals surface area (Å²) in [5.41, 5.74) is 0.413. The third kappa shape index (κ3) is 4.85. The Labute approximate surface area is 166 Å². The predicted molar refractivity (Wildman–Crippen MR) is 104 cm³/mol. The van der Waals surface area contributed by atoms with E-state index in [0.717, 1.165) is 11.3 Å². The van der Waals surface area contributed by atoms with Crippen LogP contribution < -0.4 is 4.72 Å². The van der Waals surface area contributed by atoms with E-state index in [2.05, 4.69) is 14.9 Å². The Morgan fingerprint density at radius 2 is 1.88 bits per heavy atom. The van der Waals surface area contributed by atoms with Crippen LogP contribution in [0.15, 0.2) is 17.0 Å². The molecule has 0 saturated carbocycles. The second kappa shape index (κ2) is 8.51. The van der Waals surface area contributed by atoms with Crippen LogP contribution in [0, 0.1) is 6.92 Å². The summed E-state index contributed by atoms with van der Waals surface area (Å²) in [5, 5.41) is 8.55. The molecule has 0 spiro atoms. The van der Waals surface area contributed by atoms with Gasteiger partial charge in [0.2, 0.25) is 11.0 Å². The number of hydrogen-bond acceptors (Lipinski definition) is 6. The molecule has 1 aromatic carbocycles. The molecule has 26 heavy (non-hydrogen) atoms. The van der Waals surface area contributed by atoms with Gasteiger partial charge in [0.25, 0.3) is 10.0 Å². The topological polar surface area (TPSA) is 92.3 Å². The van der Waals surface area contributed by atoms with Crippen LogP contribution >= 0.6 is 34.5 Å². The molecule has 0 fully saturated rings. The fraction of sp³-hybridized carbons (Fsp3) is 0.400. The summed E-state index contributed by atoms with van der Waals surface area (Å²) in [5.74, 6) is -0.0860. The molecule has 0 atom stereocenters. The van der Waals surface area contributed by atoms with Crippen LogP contribution in [0.3, 0.4) is 0 Å². The molecule has 142 valence electrons. The number of sulfonamides is 1. The summed E-state index contributed by atoms with van der Waals surface area (Å²) in [4.78, 5) is 13.7. The van der Waals surface area contributed by atoms with E-state index >= 15 is 0 Å². The number of amides is 1. The minimum absolute atomic E-state index is 0.0175. The molecule has 0 aliphatic rings. The highest BCUT2D eigenvalue weighted by molar-refractivity contribution is 7.93. The maximum absolute atomic E-state index is 12.6. The molecular weight excluding hydrogens is 419 g/mol. The van der Waals surface area contributed by atoms with Crippen molar-refractivity contribution in [2.75, 3.05) is 17.8 Å². The van der Waals surface area contributed by atoms with Crippen molar-refractivity contribution >= 4 is 55.6 Å². The second-order valence-corrected chi connectivity index (χ2v) is 8.91. The Morgan fingerprint density at radius 1 is 1.23 bits per heavy atom. The van der Waals surface area contributed by atoms with Crippen molar-refractivity contribution in [3.8, 4) is 0 Å². The average molecular weight is 437 g/mol. The Bertz CT molecular complexity index is 888. The molecule has 1 amide bonds. The van der Waals surface area contributed by atoms with Gasteiger partial charge in [-0.05, 0) is 38.5 Å². The molecule has 2 aromatic rings. The van der Waals surface area contributed by atoms with Gasteiger partial charge in [-0.3, -0.25) is 9.52 Å². The summed E-state index contributed by atoms with van der Waals surface area (Å²) in [6, 6.07) is 2.87. The van der Waals surface area contributed by atoms with Crippen molar-refractivity contribution in [3.05, 3.63) is 32.7 Å². The molecule has 0 unspecified atom stereocenters. The molecule has 2 rings (SSSR count). The minimum atomic E-state index is -3.96. The lowest BCUT2D eigenvalue weighted by Crippen LogP contribution is -2.31. The van der Waals surface area contributed by atoms with E-state index in [9.17, 15) is 13.2 Å². The number of carbonyl (C=O) groups excluding carboxylic acids is 1. The lowest BCUT2D eigenvalue weighted by Gasteiger charge is -2.17. The molecule has 11 heteroatoms. The van der Waals surface area contributed by atoms with Crippen LogP contribution in [0.2, 0.25) is 10.0 Å². The van der Waals surface area contributed by atoms with Gasteiger partial charge >= 0.3 is 0 Å². The van der Waals surface area contributed by atoms with Crippen molar-refractivity contribution in [2.24, 2.45) is 0 Å². The number of hydrogen-bond donors (Lipinski definition) is 1. The normalized spacial score (nSPS) is 11.4. The van der Waals surface area contributed by atoms with Gasteiger partial charge in [0.1, 0.15) is 9.90 Å². The third-order valence-corrected chi connectivity index (χ3v) is 6.71. The van der Waals surface area contributed by atoms with Crippen LogP contribution in [0.4, 0.5) is 5.13 Å². The molecule has 0 aliphatic heterocycles. The van der Waals surface area contributed by atoms with Gasteiger partial charge < -0.3 is 4.90 Å². The zero-order chi connectivity index (χ0) is 19.5. The summed E-state index contributed by atoms with van der Waals surface area (Å²) < 4.78 is 27.6. The Morgan fingerprint density at radius 3 is 2.46 bits per heavy atom. The maximum atomic E-state index is 12.6. The summed E-state index contributed by atoms with van der Waals surface area (Å²) in [6.07, 6.45) is 0.0712. The first-order chi connectivity index (χ1) is 12.2. The largest absolute Gasteiger partial charge is 0.343 e. The Hall–Kier alpha value is -1.42. The summed E-state index contributed by atoms with van der Waals surface area (Å²) in [7, 11) is -3.96. The number of likely N-dealkylation sites (N-methyl/N-ethyl adjacent to an activating group) is 1. The standard InChI is InChI=1S/C15H18Cl2N4O3S2/c1-4-21(5-2)13(22)8-12-18-19-15(25-12)20-26(23,24)14-9(3)6-10(16)7-11(14)17/h6-7H,4-5,8H2,1-3H3,(H,19,20). The molecule has 0 bridgehead atoms. The fourth-order valence-corrected chi connectivity index (χ4v) is 5.53. The molecule has 7 nitrogen and oxygen atoms in total. The third-order valence-electron chi connectivity index (χ3n) is 3.57. The van der Waals surface area contributed by atoms with Crippen molar-refractivity contribution in [1.82, 2.24) is 15.1 Å². The Balaban J connectivity index is 2.19. The van der Waals surface area contributed by atoms with Gasteiger partial charge in [-0.2, -0.15) is 0 Å². The first-order valence-corrected chi connectivity index (χ1v) is 10.8. The lowest BCUT2D eigenvalue weighted by molar-refractivity contribution is -0.130. The first-order valence-electron chi connectivity index (χ1n) is 7.76. The molecular formula is C15H18Cl2N4O3S2. The van der Waals surface area contributed by atoms with Crippen molar-refractivity contribution in [2.45, 2.75) is 32.1 Å². The maximum Gasteiger partial charge on any atom is 0.265 e. The molecule has 1 N–H and O–H groups in total. The monoisotopic (exact) mass is 436 g/mol. The zero-order valence-electron chi connectivity index (χ0n) is 14.4. The number of rotatable bonds is 7. The van der Waals surface area contributed by atoms with Gasteiger partial charge in [-0.25, -0.2) is 8.42 Å². The van der Waals surface area contributed by atoms with Crippen LogP contribution in [-0.4, -0.2) is 42.5 Å². The SMILES string of the molecule is CCN(CC)C(=O)Cc1nnc(NS(=O)(=O)c2c(C)cc(Cl)cc2Cl)s1. The van der Waals surface area contributed by atoms with Crippen LogP contribution in [0.5, 0.6) is 0 Å². The minimum Gasteiger partial charge on any atom is -0.343 e. The highest BCUT2D eigenvalue weighted by Crippen LogP contribution is 2.31. The molecule has 0 aliphatic carbocycles. The van der Waals surface area contributed by atoms with E-state index in [0.29, 0.717) is 28.7 Å². The Kier molecular flexibility index (Phi) is 6.84. The van der Waals surface area contributed by atoms with Gasteiger partial charge in [0.05, 0.1) is 11.4 Å². The first kappa shape index (κ1) is 20.9. The quantitative estimate of drug-likeness (QED) is 0.717. The molecule has 1 heterocycles. The van der Waals surface area contributed by atoms with E-state index in [4.69, 9.17) is 23.2 Å². The van der Waals surface area contributed by atoms with Gasteiger partial charge in [-0.15, -0.1) is 10.2 Å². The number of nitrogens with one attached hydrogen (secondary N) is 1. The number of halogens is 2. The van der Waals surface area contributed by atoms with Gasteiger partial charge in [0.15, 0.2) is 0 Å². The molecule has 0 radical (unpaired) electrons. The summed E-state index contributed by atoms with van der Waals surface area (Å²) in [6.45, 7) is 6.57. The molecule has 1 aromatic heterocycles. The number of aryl methyl sites for hydroxylation is 1. The highest BCUT2D eigenvalue weighted by atomic mass is 35.5. The number of anilines is 1.